The highest BCUT2D eigenvalue weighted by molar-refractivity contribution is 9.10. The van der Waals surface area contributed by atoms with Crippen LogP contribution in [-0.4, -0.2) is 39.3 Å². The quantitative estimate of drug-likeness (QED) is 0.276. The SMILES string of the molecule is C=CC(=C)N1CC(CC(=O)Cn2cc(C(=O)ONc3ncccc3N)c3cc(Br)ccc32)C1.N. The number of hydrogen-bond acceptors (Lipinski definition) is 8. The lowest BCUT2D eigenvalue weighted by Gasteiger charge is -2.41. The van der Waals surface area contributed by atoms with Gasteiger partial charge in [-0.3, -0.25) is 4.79 Å². The fraction of sp³-hybridized carbons (Fsp3) is 0.208. The van der Waals surface area contributed by atoms with E-state index in [4.69, 9.17) is 10.6 Å². The largest absolute Gasteiger partial charge is 0.396 e. The number of fused-ring (bicyclic) bond motifs is 1. The Hall–Kier alpha value is -3.63. The average Bonchev–Trinajstić information content (AvgIpc) is 3.12. The Morgan fingerprint density at radius 1 is 1.32 bits per heavy atom. The molecule has 0 unspecified atom stereocenters. The zero-order chi connectivity index (χ0) is 23.5. The lowest BCUT2D eigenvalue weighted by Crippen LogP contribution is -2.46. The zero-order valence-electron chi connectivity index (χ0n) is 18.7. The number of ketones is 1. The second-order valence-corrected chi connectivity index (χ2v) is 8.89. The highest BCUT2D eigenvalue weighted by atomic mass is 79.9. The smallest absolute Gasteiger partial charge is 0.365 e. The highest BCUT2D eigenvalue weighted by Crippen LogP contribution is 2.28. The van der Waals surface area contributed by atoms with Gasteiger partial charge in [0.1, 0.15) is 0 Å². The van der Waals surface area contributed by atoms with Crippen LogP contribution in [0.25, 0.3) is 10.9 Å². The molecule has 0 aliphatic carbocycles. The first-order valence-corrected chi connectivity index (χ1v) is 11.2. The van der Waals surface area contributed by atoms with Gasteiger partial charge >= 0.3 is 5.97 Å². The van der Waals surface area contributed by atoms with Gasteiger partial charge in [-0.15, -0.1) is 0 Å². The number of hydrogen-bond donors (Lipinski definition) is 3. The molecule has 1 aliphatic heterocycles. The Morgan fingerprint density at radius 2 is 2.09 bits per heavy atom. The van der Waals surface area contributed by atoms with Gasteiger partial charge in [0, 0.05) is 58.9 Å². The molecule has 0 radical (unpaired) electrons. The van der Waals surface area contributed by atoms with Crippen LogP contribution >= 0.6 is 15.9 Å². The average molecular weight is 527 g/mol. The molecule has 9 nitrogen and oxygen atoms in total. The number of likely N-dealkylation sites (tertiary alicyclic amines) is 1. The van der Waals surface area contributed by atoms with Gasteiger partial charge in [-0.1, -0.05) is 29.1 Å². The third-order valence-corrected chi connectivity index (χ3v) is 6.10. The van der Waals surface area contributed by atoms with E-state index in [-0.39, 0.29) is 24.3 Å². The third kappa shape index (κ3) is 5.29. The monoisotopic (exact) mass is 526 g/mol. The minimum absolute atomic E-state index is 0. The van der Waals surface area contributed by atoms with Crippen LogP contribution in [0.2, 0.25) is 0 Å². The summed E-state index contributed by atoms with van der Waals surface area (Å²) in [5.74, 6) is 0.0390. The van der Waals surface area contributed by atoms with Crippen molar-refractivity contribution in [3.8, 4) is 0 Å². The minimum atomic E-state index is -0.605. The number of pyridine rings is 1. The summed E-state index contributed by atoms with van der Waals surface area (Å²) in [4.78, 5) is 37.0. The predicted octanol–water partition coefficient (Wildman–Crippen LogP) is 4.32. The van der Waals surface area contributed by atoms with Crippen molar-refractivity contribution in [2.45, 2.75) is 13.0 Å². The molecule has 3 aromatic rings. The van der Waals surface area contributed by atoms with Crippen molar-refractivity contribution in [3.63, 3.8) is 0 Å². The number of allylic oxidation sites excluding steroid dienone is 1. The molecule has 0 saturated carbocycles. The molecule has 0 spiro atoms. The number of nitrogens with two attached hydrogens (primary N) is 1. The van der Waals surface area contributed by atoms with Gasteiger partial charge in [0.2, 0.25) is 0 Å². The molecule has 1 aromatic carbocycles. The van der Waals surface area contributed by atoms with E-state index >= 15 is 0 Å². The van der Waals surface area contributed by atoms with Crippen LogP contribution < -0.4 is 17.4 Å². The van der Waals surface area contributed by atoms with Crippen molar-refractivity contribution in [1.82, 2.24) is 20.6 Å². The summed E-state index contributed by atoms with van der Waals surface area (Å²) in [5, 5.41) is 0.676. The maximum absolute atomic E-state index is 12.8. The van der Waals surface area contributed by atoms with E-state index in [0.29, 0.717) is 29.0 Å². The van der Waals surface area contributed by atoms with E-state index in [0.717, 1.165) is 28.8 Å². The molecule has 34 heavy (non-hydrogen) atoms. The number of nitrogens with zero attached hydrogens (tertiary/aromatic N) is 3. The summed E-state index contributed by atoms with van der Waals surface area (Å²) in [5.41, 5.74) is 10.7. The van der Waals surface area contributed by atoms with Crippen LogP contribution in [0.1, 0.15) is 16.8 Å². The summed E-state index contributed by atoms with van der Waals surface area (Å²) in [6.45, 7) is 9.43. The number of aromatic nitrogens is 2. The van der Waals surface area contributed by atoms with Gasteiger partial charge in [-0.2, -0.15) is 5.48 Å². The maximum Gasteiger partial charge on any atom is 0.365 e. The lowest BCUT2D eigenvalue weighted by atomic mass is 9.93. The van der Waals surface area contributed by atoms with E-state index in [2.05, 4.69) is 44.5 Å². The van der Waals surface area contributed by atoms with Crippen LogP contribution in [0.3, 0.4) is 0 Å². The van der Waals surface area contributed by atoms with Crippen molar-refractivity contribution in [1.29, 1.82) is 0 Å². The molecule has 0 atom stereocenters. The summed E-state index contributed by atoms with van der Waals surface area (Å²) < 4.78 is 2.60. The van der Waals surface area contributed by atoms with Crippen LogP contribution in [-0.2, 0) is 16.2 Å². The second kappa shape index (κ2) is 10.5. The molecule has 0 amide bonds. The van der Waals surface area contributed by atoms with Crippen molar-refractivity contribution in [2.24, 2.45) is 5.92 Å². The molecule has 1 saturated heterocycles. The molecule has 10 heteroatoms. The molecule has 3 heterocycles. The van der Waals surface area contributed by atoms with E-state index in [1.54, 1.807) is 29.0 Å². The Balaban J connectivity index is 0.00000324. The normalized spacial score (nSPS) is 13.0. The summed E-state index contributed by atoms with van der Waals surface area (Å²) >= 11 is 3.44. The number of nitrogen functional groups attached to an aromatic ring is 1. The highest BCUT2D eigenvalue weighted by Gasteiger charge is 2.29. The molecule has 1 fully saturated rings. The number of carbonyl (C=O) groups excluding carboxylic acids is 2. The van der Waals surface area contributed by atoms with Gasteiger partial charge in [0.15, 0.2) is 11.6 Å². The number of Topliss-reactive ketones (excluding diaryl/α,β-unsaturated/α-hetero) is 1. The molecule has 2 aromatic heterocycles. The Kier molecular flexibility index (Phi) is 7.75. The topological polar surface area (TPSA) is 137 Å². The molecule has 1 aliphatic rings. The molecule has 178 valence electrons. The van der Waals surface area contributed by atoms with Crippen molar-refractivity contribution >= 4 is 50.1 Å². The first kappa shape index (κ1) is 25.0. The summed E-state index contributed by atoms with van der Waals surface area (Å²) in [6, 6.07) is 8.89. The second-order valence-electron chi connectivity index (χ2n) is 7.97. The first-order valence-electron chi connectivity index (χ1n) is 10.4. The molecule has 0 bridgehead atoms. The number of benzene rings is 1. The van der Waals surface area contributed by atoms with Gasteiger partial charge < -0.3 is 26.2 Å². The lowest BCUT2D eigenvalue weighted by molar-refractivity contribution is -0.121. The van der Waals surface area contributed by atoms with E-state index in [1.807, 2.05) is 18.2 Å². The minimum Gasteiger partial charge on any atom is -0.396 e. The van der Waals surface area contributed by atoms with Crippen LogP contribution in [0.15, 0.2) is 72.1 Å². The number of anilines is 2. The predicted molar refractivity (Wildman–Crippen MR) is 136 cm³/mol. The molecule has 6 N–H and O–H groups in total. The Bertz CT molecular complexity index is 1250. The van der Waals surface area contributed by atoms with Crippen molar-refractivity contribution in [2.75, 3.05) is 24.3 Å². The van der Waals surface area contributed by atoms with E-state index in [1.165, 1.54) is 6.20 Å². The standard InChI is InChI=1S/C24H24BrN5O3.H3N/c1-3-15(2)29-11-16(12-29)9-18(31)13-30-14-20(19-10-17(25)6-7-22(19)30)24(32)33-28-23-21(26)5-4-8-27-23;/h3-8,10,14,16H,1-2,9,11-13,26H2,(H,27,28);1H3. The van der Waals surface area contributed by atoms with Gasteiger partial charge in [-0.05, 0) is 36.4 Å². The summed E-state index contributed by atoms with van der Waals surface area (Å²) in [7, 11) is 0. The van der Waals surface area contributed by atoms with Crippen LogP contribution in [0.5, 0.6) is 0 Å². The fourth-order valence-corrected chi connectivity index (χ4v) is 4.22. The van der Waals surface area contributed by atoms with Gasteiger partial charge in [0.25, 0.3) is 0 Å². The molecule has 4 rings (SSSR count). The van der Waals surface area contributed by atoms with E-state index in [9.17, 15) is 9.59 Å². The number of halogens is 1. The molecular formula is C24H27BrN6O3. The van der Waals surface area contributed by atoms with Gasteiger partial charge in [-0.25, -0.2) is 9.78 Å². The van der Waals surface area contributed by atoms with E-state index < -0.39 is 5.97 Å². The van der Waals surface area contributed by atoms with Crippen LogP contribution in [0.4, 0.5) is 11.5 Å². The number of carbonyl (C=O) groups is 2. The fourth-order valence-electron chi connectivity index (χ4n) is 3.85. The summed E-state index contributed by atoms with van der Waals surface area (Å²) in [6.07, 6.45) is 5.38. The van der Waals surface area contributed by atoms with Gasteiger partial charge in [0.05, 0.1) is 17.8 Å². The Labute approximate surface area is 205 Å². The maximum atomic E-state index is 12.8. The van der Waals surface area contributed by atoms with Crippen molar-refractivity contribution < 1.29 is 14.4 Å². The van der Waals surface area contributed by atoms with Crippen LogP contribution in [0, 0.1) is 5.92 Å². The van der Waals surface area contributed by atoms with Crippen molar-refractivity contribution in [3.05, 3.63) is 77.7 Å². The number of rotatable bonds is 9. The third-order valence-electron chi connectivity index (χ3n) is 5.60. The number of nitrogens with one attached hydrogen (secondary N) is 1. The first-order chi connectivity index (χ1) is 15.9. The Morgan fingerprint density at radius 3 is 2.79 bits per heavy atom. The zero-order valence-corrected chi connectivity index (χ0v) is 20.3. The molecular weight excluding hydrogens is 500 g/mol.